The lowest BCUT2D eigenvalue weighted by molar-refractivity contribution is 0.132. The third-order valence-corrected chi connectivity index (χ3v) is 6.31. The predicted octanol–water partition coefficient (Wildman–Crippen LogP) is 3.49. The zero-order chi connectivity index (χ0) is 24.7. The fourth-order valence-electron chi connectivity index (χ4n) is 4.43. The number of hydrogen-bond donors (Lipinski definition) is 3. The van der Waals surface area contributed by atoms with E-state index in [0.717, 1.165) is 28.9 Å². The lowest BCUT2D eigenvalue weighted by Gasteiger charge is -2.37. The van der Waals surface area contributed by atoms with Crippen molar-refractivity contribution in [3.8, 4) is 34.0 Å². The molecular weight excluding hydrogens is 456 g/mol. The number of piperidine rings is 1. The number of pyridine rings is 1. The molecule has 0 unspecified atom stereocenters. The number of nitrogens with two attached hydrogens (primary N) is 1. The molecule has 1 saturated heterocycles. The van der Waals surface area contributed by atoms with Crippen molar-refractivity contribution >= 4 is 16.7 Å². The van der Waals surface area contributed by atoms with Crippen LogP contribution in [0.25, 0.3) is 33.5 Å². The minimum absolute atomic E-state index is 0.291. The molecule has 0 saturated carbocycles. The Bertz CT molecular complexity index is 1330. The molecule has 0 bridgehead atoms. The van der Waals surface area contributed by atoms with Crippen molar-refractivity contribution in [3.63, 3.8) is 0 Å². The molecule has 35 heavy (non-hydrogen) atoms. The SMILES string of the molecule is COc1cc(OC)cc(-c2cncc(-c3nc4cc(F)c(F)cc4[nH]3)c2N2CC[C@@H](N)[C@@H](O)C2)c1. The van der Waals surface area contributed by atoms with Crippen LogP contribution in [-0.2, 0) is 0 Å². The van der Waals surface area contributed by atoms with E-state index in [0.29, 0.717) is 53.4 Å². The van der Waals surface area contributed by atoms with Crippen LogP contribution in [0.2, 0.25) is 0 Å². The number of rotatable bonds is 5. The number of halogens is 2. The van der Waals surface area contributed by atoms with Gasteiger partial charge in [0.15, 0.2) is 11.6 Å². The number of ether oxygens (including phenoxy) is 2. The second-order valence-corrected chi connectivity index (χ2v) is 8.52. The number of aliphatic hydroxyl groups is 1. The summed E-state index contributed by atoms with van der Waals surface area (Å²) in [6, 6.07) is 7.30. The van der Waals surface area contributed by atoms with E-state index in [1.165, 1.54) is 0 Å². The highest BCUT2D eigenvalue weighted by atomic mass is 19.2. The largest absolute Gasteiger partial charge is 0.497 e. The number of H-pyrrole nitrogens is 1. The number of methoxy groups -OCH3 is 2. The Balaban J connectivity index is 1.73. The van der Waals surface area contributed by atoms with Gasteiger partial charge in [-0.2, -0.15) is 0 Å². The molecule has 1 aliphatic rings. The van der Waals surface area contributed by atoms with Gasteiger partial charge in [0, 0.05) is 55.3 Å². The number of benzene rings is 2. The number of aliphatic hydroxyl groups excluding tert-OH is 1. The van der Waals surface area contributed by atoms with Gasteiger partial charge < -0.3 is 30.2 Å². The summed E-state index contributed by atoms with van der Waals surface area (Å²) < 4.78 is 38.6. The van der Waals surface area contributed by atoms with E-state index in [2.05, 4.69) is 15.0 Å². The molecule has 0 aliphatic carbocycles. The minimum atomic E-state index is -0.973. The molecule has 182 valence electrons. The summed E-state index contributed by atoms with van der Waals surface area (Å²) in [7, 11) is 3.15. The fraction of sp³-hybridized carbons (Fsp3) is 0.280. The Morgan fingerprint density at radius 3 is 2.40 bits per heavy atom. The van der Waals surface area contributed by atoms with E-state index in [4.69, 9.17) is 15.2 Å². The summed E-state index contributed by atoms with van der Waals surface area (Å²) in [5.41, 5.74) is 9.61. The molecular formula is C25H25F2N5O3. The van der Waals surface area contributed by atoms with Crippen molar-refractivity contribution in [3.05, 3.63) is 54.4 Å². The Morgan fingerprint density at radius 2 is 1.71 bits per heavy atom. The van der Waals surface area contributed by atoms with Gasteiger partial charge >= 0.3 is 0 Å². The number of hydrogen-bond acceptors (Lipinski definition) is 7. The molecule has 1 aliphatic heterocycles. The molecule has 5 rings (SSSR count). The fourth-order valence-corrected chi connectivity index (χ4v) is 4.43. The Kier molecular flexibility index (Phi) is 6.00. The molecule has 2 atom stereocenters. The molecule has 4 aromatic rings. The van der Waals surface area contributed by atoms with Gasteiger partial charge in [-0.25, -0.2) is 13.8 Å². The smallest absolute Gasteiger partial charge is 0.161 e. The molecule has 3 heterocycles. The zero-order valence-corrected chi connectivity index (χ0v) is 19.3. The molecule has 2 aromatic heterocycles. The van der Waals surface area contributed by atoms with Crippen LogP contribution in [0.1, 0.15) is 6.42 Å². The summed E-state index contributed by atoms with van der Waals surface area (Å²) in [6.45, 7) is 0.891. The molecule has 10 heteroatoms. The number of nitrogens with one attached hydrogen (secondary N) is 1. The number of fused-ring (bicyclic) bond motifs is 1. The minimum Gasteiger partial charge on any atom is -0.497 e. The molecule has 8 nitrogen and oxygen atoms in total. The van der Waals surface area contributed by atoms with E-state index in [-0.39, 0.29) is 6.04 Å². The van der Waals surface area contributed by atoms with Gasteiger partial charge in [0.25, 0.3) is 0 Å². The van der Waals surface area contributed by atoms with Gasteiger partial charge in [-0.3, -0.25) is 4.98 Å². The highest BCUT2D eigenvalue weighted by molar-refractivity contribution is 5.91. The summed E-state index contributed by atoms with van der Waals surface area (Å²) in [4.78, 5) is 14.1. The summed E-state index contributed by atoms with van der Waals surface area (Å²) in [5.74, 6) is -0.332. The average Bonchev–Trinajstić information content (AvgIpc) is 3.27. The standard InChI is InChI=1S/C25H25F2N5O3/c1-34-14-5-13(6-15(7-14)35-2)16-10-29-11-17(24(16)32-4-3-20(28)23(33)12-32)25-30-21-8-18(26)19(27)9-22(21)31-25/h5-11,20,23,33H,3-4,12,28H2,1-2H3,(H,30,31)/t20-,23+/m1/s1. The molecule has 2 aromatic carbocycles. The zero-order valence-electron chi connectivity index (χ0n) is 19.3. The number of aromatic nitrogens is 3. The highest BCUT2D eigenvalue weighted by Crippen LogP contribution is 2.41. The van der Waals surface area contributed by atoms with E-state index < -0.39 is 17.7 Å². The maximum atomic E-state index is 13.8. The first kappa shape index (κ1) is 23.0. The van der Waals surface area contributed by atoms with Gasteiger partial charge in [-0.05, 0) is 24.1 Å². The van der Waals surface area contributed by atoms with Gasteiger partial charge in [0.2, 0.25) is 0 Å². The summed E-state index contributed by atoms with van der Waals surface area (Å²) >= 11 is 0. The molecule has 0 amide bonds. The van der Waals surface area contributed by atoms with Crippen molar-refractivity contribution < 1.29 is 23.4 Å². The van der Waals surface area contributed by atoms with Crippen LogP contribution in [0.3, 0.4) is 0 Å². The second-order valence-electron chi connectivity index (χ2n) is 8.52. The monoisotopic (exact) mass is 481 g/mol. The van der Waals surface area contributed by atoms with Crippen LogP contribution >= 0.6 is 0 Å². The number of anilines is 1. The lowest BCUT2D eigenvalue weighted by Crippen LogP contribution is -2.50. The van der Waals surface area contributed by atoms with Crippen LogP contribution in [-0.4, -0.2) is 59.5 Å². The summed E-state index contributed by atoms with van der Waals surface area (Å²) in [5, 5.41) is 10.5. The van der Waals surface area contributed by atoms with Crippen LogP contribution in [0, 0.1) is 11.6 Å². The Labute approximate surface area is 200 Å². The lowest BCUT2D eigenvalue weighted by atomic mass is 9.97. The van der Waals surface area contributed by atoms with Crippen molar-refractivity contribution in [1.82, 2.24) is 15.0 Å². The Hall–Kier alpha value is -3.76. The van der Waals surface area contributed by atoms with E-state index in [1.54, 1.807) is 32.7 Å². The molecule has 0 spiro atoms. The maximum Gasteiger partial charge on any atom is 0.161 e. The molecule has 4 N–H and O–H groups in total. The number of β-amino-alcohol motifs (C(OH)–C–C–N with tert-alkyl or cyclic N) is 1. The Morgan fingerprint density at radius 1 is 1.03 bits per heavy atom. The van der Waals surface area contributed by atoms with E-state index in [1.807, 2.05) is 17.0 Å². The quantitative estimate of drug-likeness (QED) is 0.400. The van der Waals surface area contributed by atoms with Crippen molar-refractivity contribution in [1.29, 1.82) is 0 Å². The highest BCUT2D eigenvalue weighted by Gasteiger charge is 2.29. The number of imidazole rings is 1. The molecule has 0 radical (unpaired) electrons. The average molecular weight is 482 g/mol. The van der Waals surface area contributed by atoms with Crippen LogP contribution < -0.4 is 20.1 Å². The van der Waals surface area contributed by atoms with Crippen molar-refractivity contribution in [2.75, 3.05) is 32.2 Å². The van der Waals surface area contributed by atoms with Gasteiger partial charge in [0.1, 0.15) is 17.3 Å². The first-order valence-corrected chi connectivity index (χ1v) is 11.1. The first-order chi connectivity index (χ1) is 16.9. The van der Waals surface area contributed by atoms with E-state index in [9.17, 15) is 13.9 Å². The van der Waals surface area contributed by atoms with Gasteiger partial charge in [0.05, 0.1) is 42.6 Å². The summed E-state index contributed by atoms with van der Waals surface area (Å²) in [6.07, 6.45) is 3.22. The van der Waals surface area contributed by atoms with Crippen LogP contribution in [0.15, 0.2) is 42.7 Å². The third-order valence-electron chi connectivity index (χ3n) is 6.31. The van der Waals surface area contributed by atoms with Crippen molar-refractivity contribution in [2.24, 2.45) is 5.73 Å². The van der Waals surface area contributed by atoms with Crippen LogP contribution in [0.5, 0.6) is 11.5 Å². The molecule has 1 fully saturated rings. The second kappa shape index (κ2) is 9.12. The van der Waals surface area contributed by atoms with Crippen molar-refractivity contribution in [2.45, 2.75) is 18.6 Å². The third kappa shape index (κ3) is 4.26. The van der Waals surface area contributed by atoms with E-state index >= 15 is 0 Å². The number of aromatic amines is 1. The first-order valence-electron chi connectivity index (χ1n) is 11.1. The van der Waals surface area contributed by atoms with Gasteiger partial charge in [-0.1, -0.05) is 0 Å². The topological polar surface area (TPSA) is 110 Å². The van der Waals surface area contributed by atoms with Gasteiger partial charge in [-0.15, -0.1) is 0 Å². The van der Waals surface area contributed by atoms with Crippen LogP contribution in [0.4, 0.5) is 14.5 Å². The maximum absolute atomic E-state index is 13.8. The predicted molar refractivity (Wildman–Crippen MR) is 129 cm³/mol. The number of nitrogens with zero attached hydrogens (tertiary/aromatic N) is 3. The normalized spacial score (nSPS) is 18.2.